The van der Waals surface area contributed by atoms with Crippen LogP contribution in [0.1, 0.15) is 47.0 Å². The number of anilines is 1. The number of hydrogen-bond donors (Lipinski definition) is 0. The molecular weight excluding hydrogens is 474 g/mol. The molecule has 8 nitrogen and oxygen atoms in total. The average molecular weight is 492 g/mol. The third-order valence-electron chi connectivity index (χ3n) is 5.92. The molecule has 4 aromatic rings. The zero-order valence-corrected chi connectivity index (χ0v) is 19.5. The number of ether oxygens (including phenoxy) is 2. The first kappa shape index (κ1) is 23.5. The molecule has 0 radical (unpaired) electrons. The number of amides is 2. The summed E-state index contributed by atoms with van der Waals surface area (Å²) in [6.45, 7) is 0. The van der Waals surface area contributed by atoms with Gasteiger partial charge in [-0.1, -0.05) is 6.07 Å². The van der Waals surface area contributed by atoms with Gasteiger partial charge in [0.2, 0.25) is 0 Å². The van der Waals surface area contributed by atoms with Crippen LogP contribution >= 0.6 is 0 Å². The molecule has 1 aliphatic heterocycles. The number of ketones is 1. The first-order valence-electron chi connectivity index (χ1n) is 11.2. The number of nitrogens with zero attached hydrogens (tertiary/aromatic N) is 1. The lowest BCUT2D eigenvalue weighted by Gasteiger charge is -2.14. The Morgan fingerprint density at radius 1 is 0.649 bits per heavy atom. The normalized spacial score (nSPS) is 12.3. The molecule has 1 heterocycles. The second kappa shape index (κ2) is 9.43. The van der Waals surface area contributed by atoms with Crippen molar-refractivity contribution in [3.8, 4) is 17.2 Å². The highest BCUT2D eigenvalue weighted by molar-refractivity contribution is 6.34. The molecule has 0 N–H and O–H groups in total. The lowest BCUT2D eigenvalue weighted by atomic mass is 9.99. The number of benzene rings is 4. The largest absolute Gasteiger partial charge is 0.545 e. The Bertz CT molecular complexity index is 1540. The molecule has 0 aromatic heterocycles. The van der Waals surface area contributed by atoms with Crippen LogP contribution in [0, 0.1) is 0 Å². The molecule has 0 saturated carbocycles. The van der Waals surface area contributed by atoms with Crippen molar-refractivity contribution < 1.29 is 33.8 Å². The summed E-state index contributed by atoms with van der Waals surface area (Å²) in [5.41, 5.74) is 1.46. The summed E-state index contributed by atoms with van der Waals surface area (Å²) in [4.78, 5) is 51.0. The summed E-state index contributed by atoms with van der Waals surface area (Å²) in [5, 5.41) is 10.9. The topological polar surface area (TPSA) is 113 Å². The highest BCUT2D eigenvalue weighted by Crippen LogP contribution is 2.31. The first-order chi connectivity index (χ1) is 17.9. The van der Waals surface area contributed by atoms with Gasteiger partial charge in [0.25, 0.3) is 11.8 Å². The molecular formula is C29H18NO7-. The third-order valence-corrected chi connectivity index (χ3v) is 5.92. The summed E-state index contributed by atoms with van der Waals surface area (Å²) in [7, 11) is 1.52. The monoisotopic (exact) mass is 492 g/mol. The highest BCUT2D eigenvalue weighted by Gasteiger charge is 2.37. The van der Waals surface area contributed by atoms with E-state index in [9.17, 15) is 24.3 Å². The van der Waals surface area contributed by atoms with Gasteiger partial charge in [0.15, 0.2) is 5.78 Å². The summed E-state index contributed by atoms with van der Waals surface area (Å²) < 4.78 is 10.8. The van der Waals surface area contributed by atoms with Crippen LogP contribution in [0.5, 0.6) is 17.2 Å². The van der Waals surface area contributed by atoms with Gasteiger partial charge >= 0.3 is 0 Å². The summed E-state index contributed by atoms with van der Waals surface area (Å²) in [5.74, 6) is -1.10. The lowest BCUT2D eigenvalue weighted by Crippen LogP contribution is -2.29. The summed E-state index contributed by atoms with van der Waals surface area (Å²) in [6, 6.07) is 23.1. The molecule has 0 fully saturated rings. The molecule has 0 aliphatic carbocycles. The van der Waals surface area contributed by atoms with Gasteiger partial charge in [0, 0.05) is 11.1 Å². The molecule has 182 valence electrons. The number of carbonyl (C=O) groups is 4. The minimum atomic E-state index is -1.28. The van der Waals surface area contributed by atoms with Crippen LogP contribution in [0.3, 0.4) is 0 Å². The molecule has 0 bridgehead atoms. The maximum atomic E-state index is 13.1. The quantitative estimate of drug-likeness (QED) is 0.284. The Morgan fingerprint density at radius 2 is 1.16 bits per heavy atom. The van der Waals surface area contributed by atoms with Crippen molar-refractivity contribution >= 4 is 29.3 Å². The van der Waals surface area contributed by atoms with Crippen LogP contribution in [0.2, 0.25) is 0 Å². The predicted octanol–water partition coefficient (Wildman–Crippen LogP) is 3.88. The predicted molar refractivity (Wildman–Crippen MR) is 131 cm³/mol. The number of aromatic carboxylic acids is 1. The van der Waals surface area contributed by atoms with Gasteiger partial charge in [0.05, 0.1) is 29.9 Å². The zero-order chi connectivity index (χ0) is 26.1. The van der Waals surface area contributed by atoms with Gasteiger partial charge in [-0.3, -0.25) is 14.4 Å². The van der Waals surface area contributed by atoms with E-state index in [1.54, 1.807) is 48.5 Å². The SMILES string of the molecule is COc1ccc(N2C(=O)c3ccc(C(=O)c4ccc(Oc5ccc(C(=O)[O-])cc5)cc4)cc3C2=O)cc1. The average Bonchev–Trinajstić information content (AvgIpc) is 3.18. The van der Waals surface area contributed by atoms with Crippen LogP contribution in [0.15, 0.2) is 91.0 Å². The molecule has 0 saturated heterocycles. The highest BCUT2D eigenvalue weighted by atomic mass is 16.5. The number of carbonyl (C=O) groups excluding carboxylic acids is 4. The standard InChI is InChI=1S/C29H19NO7/c1-36-21-13-7-20(8-14-21)30-27(32)24-15-6-19(16-25(24)28(30)33)26(31)17-2-9-22(10-3-17)37-23-11-4-18(5-12-23)29(34)35/h2-16H,1H3,(H,34,35)/p-1. The Morgan fingerprint density at radius 3 is 1.73 bits per heavy atom. The second-order valence-electron chi connectivity index (χ2n) is 8.17. The molecule has 1 aliphatic rings. The fourth-order valence-corrected chi connectivity index (χ4v) is 3.98. The van der Waals surface area contributed by atoms with Gasteiger partial charge < -0.3 is 19.4 Å². The minimum absolute atomic E-state index is 0.0370. The fraction of sp³-hybridized carbons (Fsp3) is 0.0345. The van der Waals surface area contributed by atoms with Gasteiger partial charge in [-0.25, -0.2) is 4.90 Å². The Hall–Kier alpha value is -5.24. The number of carboxylic acids is 1. The van der Waals surface area contributed by atoms with Gasteiger partial charge in [-0.15, -0.1) is 0 Å². The Balaban J connectivity index is 1.33. The van der Waals surface area contributed by atoms with Crippen molar-refractivity contribution in [3.05, 3.63) is 119 Å². The smallest absolute Gasteiger partial charge is 0.266 e. The molecule has 5 rings (SSSR count). The fourth-order valence-electron chi connectivity index (χ4n) is 3.98. The van der Waals surface area contributed by atoms with Crippen LogP contribution < -0.4 is 19.5 Å². The zero-order valence-electron chi connectivity index (χ0n) is 19.5. The molecule has 37 heavy (non-hydrogen) atoms. The van der Waals surface area contributed by atoms with E-state index in [1.165, 1.54) is 49.6 Å². The van der Waals surface area contributed by atoms with Crippen molar-refractivity contribution in [1.29, 1.82) is 0 Å². The second-order valence-corrected chi connectivity index (χ2v) is 8.17. The maximum absolute atomic E-state index is 13.1. The van der Waals surface area contributed by atoms with Gasteiger partial charge in [-0.2, -0.15) is 0 Å². The number of carboxylic acid groups (broad SMARTS) is 1. The van der Waals surface area contributed by atoms with Crippen molar-refractivity contribution in [2.45, 2.75) is 0 Å². The van der Waals surface area contributed by atoms with Crippen LogP contribution in [0.4, 0.5) is 5.69 Å². The summed E-state index contributed by atoms with van der Waals surface area (Å²) in [6.07, 6.45) is 0. The van der Waals surface area contributed by atoms with E-state index in [0.717, 1.165) is 4.90 Å². The molecule has 0 unspecified atom stereocenters. The number of imide groups is 1. The number of hydrogen-bond acceptors (Lipinski definition) is 7. The van der Waals surface area contributed by atoms with E-state index < -0.39 is 17.8 Å². The van der Waals surface area contributed by atoms with E-state index >= 15 is 0 Å². The molecule has 0 atom stereocenters. The first-order valence-corrected chi connectivity index (χ1v) is 11.2. The van der Waals surface area contributed by atoms with Gasteiger partial charge in [-0.05, 0) is 90.5 Å². The number of fused-ring (bicyclic) bond motifs is 1. The van der Waals surface area contributed by atoms with Gasteiger partial charge in [0.1, 0.15) is 17.2 Å². The Labute approximate surface area is 211 Å². The molecule has 4 aromatic carbocycles. The van der Waals surface area contributed by atoms with Crippen molar-refractivity contribution in [3.63, 3.8) is 0 Å². The third kappa shape index (κ3) is 4.43. The number of rotatable bonds is 7. The van der Waals surface area contributed by atoms with E-state index in [4.69, 9.17) is 9.47 Å². The molecule has 0 spiro atoms. The van der Waals surface area contributed by atoms with Crippen molar-refractivity contribution in [1.82, 2.24) is 0 Å². The maximum Gasteiger partial charge on any atom is 0.266 e. The van der Waals surface area contributed by atoms with E-state index in [0.29, 0.717) is 28.5 Å². The van der Waals surface area contributed by atoms with E-state index in [1.807, 2.05) is 0 Å². The summed E-state index contributed by atoms with van der Waals surface area (Å²) >= 11 is 0. The molecule has 8 heteroatoms. The number of methoxy groups -OCH3 is 1. The van der Waals surface area contributed by atoms with Crippen LogP contribution in [-0.2, 0) is 0 Å². The van der Waals surface area contributed by atoms with Crippen molar-refractivity contribution in [2.75, 3.05) is 12.0 Å². The minimum Gasteiger partial charge on any atom is -0.545 e. The van der Waals surface area contributed by atoms with Crippen LogP contribution in [-0.4, -0.2) is 30.7 Å². The Kier molecular flexibility index (Phi) is 5.99. The van der Waals surface area contributed by atoms with E-state index in [-0.39, 0.29) is 28.0 Å². The van der Waals surface area contributed by atoms with Crippen molar-refractivity contribution in [2.24, 2.45) is 0 Å². The van der Waals surface area contributed by atoms with Crippen LogP contribution in [0.25, 0.3) is 0 Å². The van der Waals surface area contributed by atoms with E-state index in [2.05, 4.69) is 0 Å². The lowest BCUT2D eigenvalue weighted by molar-refractivity contribution is -0.255. The molecule has 2 amide bonds.